The van der Waals surface area contributed by atoms with E-state index in [1.54, 1.807) is 0 Å². The number of aliphatic imine (C=N–C) groups is 1. The van der Waals surface area contributed by atoms with Crippen LogP contribution in [0.5, 0.6) is 0 Å². The number of alkyl halides is 4. The fourth-order valence-corrected chi connectivity index (χ4v) is 3.91. The highest BCUT2D eigenvalue weighted by molar-refractivity contribution is 8.15. The van der Waals surface area contributed by atoms with E-state index in [-0.39, 0.29) is 43.4 Å². The number of carbonyl (C=O) groups is 1. The van der Waals surface area contributed by atoms with Crippen molar-refractivity contribution in [3.63, 3.8) is 0 Å². The van der Waals surface area contributed by atoms with Crippen molar-refractivity contribution in [2.45, 2.75) is 6.18 Å². The zero-order valence-electron chi connectivity index (χ0n) is 15.5. The molecule has 1 saturated heterocycles. The monoisotopic (exact) mass is 482 g/mol. The first-order valence-electron chi connectivity index (χ1n) is 8.43. The van der Waals surface area contributed by atoms with Crippen molar-refractivity contribution in [1.29, 1.82) is 0 Å². The van der Waals surface area contributed by atoms with Gasteiger partial charge in [-0.3, -0.25) is 19.1 Å². The molecule has 7 nitrogen and oxygen atoms in total. The van der Waals surface area contributed by atoms with Gasteiger partial charge < -0.3 is 0 Å². The highest BCUT2D eigenvalue weighted by atomic mass is 35.5. The van der Waals surface area contributed by atoms with Crippen molar-refractivity contribution >= 4 is 40.1 Å². The lowest BCUT2D eigenvalue weighted by Gasteiger charge is -2.16. The molecular weight excluding hydrogens is 471 g/mol. The Morgan fingerprint density at radius 2 is 1.87 bits per heavy atom. The molecule has 2 aromatic rings. The first-order valence-corrected chi connectivity index (χ1v) is 9.79. The van der Waals surface area contributed by atoms with Gasteiger partial charge in [-0.05, 0) is 12.1 Å². The number of aromatic nitrogens is 2. The Morgan fingerprint density at radius 1 is 1.19 bits per heavy atom. The van der Waals surface area contributed by atoms with E-state index in [2.05, 4.69) is 4.99 Å². The van der Waals surface area contributed by atoms with Gasteiger partial charge in [0.05, 0.1) is 28.7 Å². The summed E-state index contributed by atoms with van der Waals surface area (Å²) in [5.41, 5.74) is -5.22. The van der Waals surface area contributed by atoms with E-state index in [1.165, 1.54) is 0 Å². The molecule has 1 aliphatic rings. The molecule has 0 spiro atoms. The number of hydrogen-bond acceptors (Lipinski definition) is 5. The summed E-state index contributed by atoms with van der Waals surface area (Å²) >= 11 is 6.94. The summed E-state index contributed by atoms with van der Waals surface area (Å²) < 4.78 is 66.7. The van der Waals surface area contributed by atoms with Crippen LogP contribution in [-0.2, 0) is 18.0 Å². The molecule has 1 fully saturated rings. The summed E-state index contributed by atoms with van der Waals surface area (Å²) in [6.07, 6.45) is -4.98. The zero-order chi connectivity index (χ0) is 23.1. The molecule has 1 amide bonds. The number of amidine groups is 1. The SMILES string of the molecule is Cn1c(C(F)(F)F)cc(=O)n(-c2cc(/N=C3\SCC(=O)N3CCF)c(Cl)cc2F)c1=O. The summed E-state index contributed by atoms with van der Waals surface area (Å²) in [6.45, 7) is -1.11. The van der Waals surface area contributed by atoms with E-state index < -0.39 is 47.2 Å². The Bertz CT molecular complexity index is 1210. The summed E-state index contributed by atoms with van der Waals surface area (Å²) in [7, 11) is 0.783. The van der Waals surface area contributed by atoms with Gasteiger partial charge in [-0.25, -0.2) is 23.1 Å². The zero-order valence-corrected chi connectivity index (χ0v) is 17.1. The summed E-state index contributed by atoms with van der Waals surface area (Å²) in [4.78, 5) is 41.6. The molecule has 166 valence electrons. The minimum atomic E-state index is -4.98. The van der Waals surface area contributed by atoms with Crippen LogP contribution in [0.25, 0.3) is 5.69 Å². The molecule has 31 heavy (non-hydrogen) atoms. The fraction of sp³-hybridized carbons (Fsp3) is 0.294. The molecular formula is C17H12ClF5N4O3S. The van der Waals surface area contributed by atoms with Gasteiger partial charge in [0, 0.05) is 13.1 Å². The largest absolute Gasteiger partial charge is 0.431 e. The third-order valence-electron chi connectivity index (χ3n) is 4.25. The number of benzene rings is 1. The Kier molecular flexibility index (Phi) is 6.28. The minimum absolute atomic E-state index is 0.0105. The van der Waals surface area contributed by atoms with Gasteiger partial charge >= 0.3 is 11.9 Å². The standard InChI is InChI=1S/C17H12ClF5N4O3S/c1-25-12(17(21,22)23)6-13(28)27(16(25)30)11-5-10(8(18)4-9(11)20)24-15-26(3-2-19)14(29)7-31-15/h4-6H,2-3,7H2,1H3/b24-15-. The van der Waals surface area contributed by atoms with Gasteiger partial charge in [0.15, 0.2) is 5.17 Å². The maximum atomic E-state index is 14.5. The van der Waals surface area contributed by atoms with Gasteiger partial charge in [-0.1, -0.05) is 23.4 Å². The molecule has 0 N–H and O–H groups in total. The van der Waals surface area contributed by atoms with Gasteiger partial charge in [-0.2, -0.15) is 13.2 Å². The van der Waals surface area contributed by atoms with Crippen LogP contribution in [-0.4, -0.2) is 44.1 Å². The second kappa shape index (κ2) is 8.46. The van der Waals surface area contributed by atoms with Gasteiger partial charge in [0.1, 0.15) is 18.2 Å². The van der Waals surface area contributed by atoms with Crippen molar-refractivity contribution < 1.29 is 26.7 Å². The van der Waals surface area contributed by atoms with Gasteiger partial charge in [0.2, 0.25) is 5.91 Å². The molecule has 2 heterocycles. The van der Waals surface area contributed by atoms with Crippen LogP contribution in [0.3, 0.4) is 0 Å². The predicted octanol–water partition coefficient (Wildman–Crippen LogP) is 2.88. The average Bonchev–Trinajstić information content (AvgIpc) is 3.01. The Balaban J connectivity index is 2.19. The minimum Gasteiger partial charge on any atom is -0.292 e. The van der Waals surface area contributed by atoms with Crippen LogP contribution >= 0.6 is 23.4 Å². The summed E-state index contributed by atoms with van der Waals surface area (Å²) in [5.74, 6) is -1.58. The van der Waals surface area contributed by atoms with Crippen LogP contribution in [0.15, 0.2) is 32.8 Å². The Labute approximate surface area is 179 Å². The van der Waals surface area contributed by atoms with Crippen molar-refractivity contribution in [2.24, 2.45) is 12.0 Å². The number of hydrogen-bond donors (Lipinski definition) is 0. The van der Waals surface area contributed by atoms with Crippen LogP contribution in [0.1, 0.15) is 5.69 Å². The Morgan fingerprint density at radius 3 is 2.48 bits per heavy atom. The number of halogens is 6. The van der Waals surface area contributed by atoms with E-state index in [0.717, 1.165) is 35.8 Å². The number of amides is 1. The van der Waals surface area contributed by atoms with Crippen LogP contribution in [0.2, 0.25) is 5.02 Å². The van der Waals surface area contributed by atoms with E-state index in [9.17, 15) is 36.3 Å². The fourth-order valence-electron chi connectivity index (χ4n) is 2.79. The van der Waals surface area contributed by atoms with E-state index >= 15 is 0 Å². The second-order valence-electron chi connectivity index (χ2n) is 6.22. The van der Waals surface area contributed by atoms with Crippen molar-refractivity contribution in [2.75, 3.05) is 19.0 Å². The van der Waals surface area contributed by atoms with Crippen molar-refractivity contribution in [3.05, 3.63) is 55.6 Å². The van der Waals surface area contributed by atoms with Crippen LogP contribution < -0.4 is 11.2 Å². The number of nitrogens with zero attached hydrogens (tertiary/aromatic N) is 4. The van der Waals surface area contributed by atoms with Crippen molar-refractivity contribution in [1.82, 2.24) is 14.0 Å². The Hall–Kier alpha value is -2.67. The van der Waals surface area contributed by atoms with Gasteiger partial charge in [0.25, 0.3) is 5.56 Å². The first kappa shape index (κ1) is 23.0. The number of carbonyl (C=O) groups excluding carboxylic acids is 1. The molecule has 3 rings (SSSR count). The van der Waals surface area contributed by atoms with Crippen LogP contribution in [0.4, 0.5) is 27.6 Å². The van der Waals surface area contributed by atoms with Crippen LogP contribution in [0, 0.1) is 5.82 Å². The van der Waals surface area contributed by atoms with Crippen molar-refractivity contribution in [3.8, 4) is 5.69 Å². The summed E-state index contributed by atoms with van der Waals surface area (Å²) in [5, 5.41) is -0.194. The molecule has 1 aliphatic heterocycles. The number of rotatable bonds is 4. The lowest BCUT2D eigenvalue weighted by atomic mass is 10.2. The normalized spacial score (nSPS) is 15.9. The van der Waals surface area contributed by atoms with E-state index in [1.807, 2.05) is 0 Å². The molecule has 0 atom stereocenters. The maximum absolute atomic E-state index is 14.5. The number of thioether (sulfide) groups is 1. The smallest absolute Gasteiger partial charge is 0.292 e. The van der Waals surface area contributed by atoms with E-state index in [0.29, 0.717) is 0 Å². The third-order valence-corrected chi connectivity index (χ3v) is 5.51. The predicted molar refractivity (Wildman–Crippen MR) is 104 cm³/mol. The second-order valence-corrected chi connectivity index (χ2v) is 7.56. The summed E-state index contributed by atoms with van der Waals surface area (Å²) in [6, 6.07) is 1.77. The molecule has 0 radical (unpaired) electrons. The molecule has 0 unspecified atom stereocenters. The van der Waals surface area contributed by atoms with E-state index in [4.69, 9.17) is 11.6 Å². The molecule has 1 aromatic carbocycles. The maximum Gasteiger partial charge on any atom is 0.431 e. The lowest BCUT2D eigenvalue weighted by molar-refractivity contribution is -0.144. The van der Waals surface area contributed by atoms with Gasteiger partial charge in [-0.15, -0.1) is 0 Å². The quantitative estimate of drug-likeness (QED) is 0.628. The molecule has 14 heteroatoms. The molecule has 1 aromatic heterocycles. The molecule has 0 saturated carbocycles. The topological polar surface area (TPSA) is 76.7 Å². The third kappa shape index (κ3) is 4.37. The highest BCUT2D eigenvalue weighted by Crippen LogP contribution is 2.32. The molecule has 0 bridgehead atoms. The molecule has 0 aliphatic carbocycles. The lowest BCUT2D eigenvalue weighted by Crippen LogP contribution is -2.41. The highest BCUT2D eigenvalue weighted by Gasteiger charge is 2.35. The first-order chi connectivity index (χ1) is 14.5. The average molecular weight is 483 g/mol.